The van der Waals surface area contributed by atoms with Gasteiger partial charge >= 0.3 is 11.9 Å². The molecule has 194 valence electrons. The zero-order chi connectivity index (χ0) is 26.7. The average molecular weight is 566 g/mol. The number of nitrogen functional groups attached to an aromatic ring is 1. The van der Waals surface area contributed by atoms with Crippen molar-refractivity contribution in [1.82, 2.24) is 24.8 Å². The van der Waals surface area contributed by atoms with Crippen molar-refractivity contribution in [1.29, 1.82) is 0 Å². The van der Waals surface area contributed by atoms with Crippen molar-refractivity contribution in [3.8, 4) is 0 Å². The summed E-state index contributed by atoms with van der Waals surface area (Å²) in [6.07, 6.45) is 3.30. The molecular weight excluding hydrogens is 546 g/mol. The van der Waals surface area contributed by atoms with Gasteiger partial charge in [-0.05, 0) is 30.1 Å². The predicted octanol–water partition coefficient (Wildman–Crippen LogP) is 0.495. The first-order valence-corrected chi connectivity index (χ1v) is 13.1. The number of esters is 2. The first kappa shape index (κ1) is 26.2. The van der Waals surface area contributed by atoms with Crippen LogP contribution in [0.5, 0.6) is 0 Å². The molecule has 2 aliphatic heterocycles. The first-order chi connectivity index (χ1) is 17.7. The second kappa shape index (κ2) is 11.1. The van der Waals surface area contributed by atoms with Crippen LogP contribution in [-0.2, 0) is 28.7 Å². The van der Waals surface area contributed by atoms with Gasteiger partial charge in [-0.15, -0.1) is 28.2 Å². The number of hydrogen-bond acceptors (Lipinski definition) is 15. The third-order valence-electron chi connectivity index (χ3n) is 5.14. The molecule has 2 aromatic heterocycles. The van der Waals surface area contributed by atoms with E-state index in [1.165, 1.54) is 33.6 Å². The number of allylic oxidation sites excluding steroid dienone is 1. The van der Waals surface area contributed by atoms with Crippen LogP contribution < -0.4 is 11.1 Å². The molecule has 0 spiro atoms. The van der Waals surface area contributed by atoms with Gasteiger partial charge in [0, 0.05) is 22.9 Å². The molecule has 2 aliphatic rings. The summed E-state index contributed by atoms with van der Waals surface area (Å²) in [6.45, 7) is 2.38. The Labute approximate surface area is 221 Å². The minimum atomic E-state index is -1.02. The van der Waals surface area contributed by atoms with E-state index in [0.717, 1.165) is 23.1 Å². The summed E-state index contributed by atoms with van der Waals surface area (Å²) < 4.78 is 13.6. The summed E-state index contributed by atoms with van der Waals surface area (Å²) in [4.78, 5) is 55.8. The van der Waals surface area contributed by atoms with Crippen molar-refractivity contribution in [3.05, 3.63) is 39.0 Å². The van der Waals surface area contributed by atoms with Crippen LogP contribution in [0.1, 0.15) is 23.2 Å². The van der Waals surface area contributed by atoms with Crippen molar-refractivity contribution in [3.63, 3.8) is 0 Å². The van der Waals surface area contributed by atoms with E-state index in [1.54, 1.807) is 12.2 Å². The molecule has 4 N–H and O–H groups in total. The fourth-order valence-electron chi connectivity index (χ4n) is 3.39. The van der Waals surface area contributed by atoms with Crippen LogP contribution in [0.15, 0.2) is 27.9 Å². The second-order valence-corrected chi connectivity index (χ2v) is 10.4. The van der Waals surface area contributed by atoms with Crippen molar-refractivity contribution in [2.75, 3.05) is 18.3 Å². The van der Waals surface area contributed by atoms with Gasteiger partial charge in [0.2, 0.25) is 6.79 Å². The number of β-lactam (4-membered cyclic amide) rings is 1. The van der Waals surface area contributed by atoms with E-state index in [9.17, 15) is 24.4 Å². The number of nitrogens with one attached hydrogen (secondary N) is 1. The van der Waals surface area contributed by atoms with Gasteiger partial charge in [0.05, 0.1) is 0 Å². The van der Waals surface area contributed by atoms with Crippen LogP contribution in [0.3, 0.4) is 0 Å². The lowest BCUT2D eigenvalue weighted by atomic mass is 10.0. The number of nitrogens with two attached hydrogens (primary N) is 1. The van der Waals surface area contributed by atoms with E-state index in [0.29, 0.717) is 11.3 Å². The third-order valence-corrected chi connectivity index (χ3v) is 7.76. The van der Waals surface area contributed by atoms with Crippen LogP contribution in [0, 0.1) is 6.92 Å². The fraction of sp³-hybridized carbons (Fsp3) is 0.300. The summed E-state index contributed by atoms with van der Waals surface area (Å²) in [5.41, 5.74) is 6.25. The van der Waals surface area contributed by atoms with Gasteiger partial charge in [-0.25, -0.2) is 9.78 Å². The summed E-state index contributed by atoms with van der Waals surface area (Å²) in [5, 5.41) is 19.8. The van der Waals surface area contributed by atoms with Gasteiger partial charge in [0.1, 0.15) is 28.5 Å². The highest BCUT2D eigenvalue weighted by Crippen LogP contribution is 2.41. The normalized spacial score (nSPS) is 19.5. The minimum Gasteiger partial charge on any atom is -0.428 e. The number of nitrogens with zero attached hydrogens (tertiary/aromatic N) is 5. The maximum atomic E-state index is 13.1. The van der Waals surface area contributed by atoms with Crippen LogP contribution >= 0.6 is 34.6 Å². The lowest BCUT2D eigenvalue weighted by molar-refractivity contribution is -0.166. The van der Waals surface area contributed by atoms with Gasteiger partial charge in [-0.2, -0.15) is 0 Å². The number of aromatic nitrogens is 3. The van der Waals surface area contributed by atoms with Crippen molar-refractivity contribution >= 4 is 75.3 Å². The number of thioether (sulfide) groups is 1. The van der Waals surface area contributed by atoms with Gasteiger partial charge < -0.3 is 25.7 Å². The van der Waals surface area contributed by atoms with Gasteiger partial charge in [-0.3, -0.25) is 19.3 Å². The van der Waals surface area contributed by atoms with E-state index in [-0.39, 0.29) is 22.3 Å². The average Bonchev–Trinajstić information content (AvgIpc) is 3.48. The highest BCUT2D eigenvalue weighted by Gasteiger charge is 2.54. The smallest absolute Gasteiger partial charge is 0.358 e. The summed E-state index contributed by atoms with van der Waals surface area (Å²) >= 11 is 3.57. The number of hydrogen-bond donors (Lipinski definition) is 3. The molecule has 0 saturated carbocycles. The highest BCUT2D eigenvalue weighted by molar-refractivity contribution is 8.00. The molecule has 2 aromatic rings. The Morgan fingerprint density at radius 1 is 1.35 bits per heavy atom. The van der Waals surface area contributed by atoms with E-state index >= 15 is 0 Å². The quantitative estimate of drug-likeness (QED) is 0.100. The Hall–Kier alpha value is -3.83. The van der Waals surface area contributed by atoms with Crippen molar-refractivity contribution < 1.29 is 33.9 Å². The number of ether oxygens (including phenoxy) is 2. The van der Waals surface area contributed by atoms with Gasteiger partial charge in [-0.1, -0.05) is 15.7 Å². The standard InChI is InChI=1S/C20H19N7O7S3/c1-8-11(24-26-37-8)4-3-10-5-35-18-14(23-16(29)13(25-32)12-6-36-20(21)22-12)17(30)27(18)15(10)19(31)34-7-33-9(2)28/h3-4,6,14,18,32H,5,7H2,1-2H3,(H2,21,22)(H,23,29)/b4-3-,25-13-. The maximum absolute atomic E-state index is 13.1. The Balaban J connectivity index is 1.56. The molecule has 0 aliphatic carbocycles. The topological polar surface area (TPSA) is 199 Å². The maximum Gasteiger partial charge on any atom is 0.358 e. The molecule has 2 atom stereocenters. The number of anilines is 1. The zero-order valence-corrected chi connectivity index (χ0v) is 21.7. The molecule has 1 fully saturated rings. The number of oxime groups is 1. The molecule has 0 radical (unpaired) electrons. The van der Waals surface area contributed by atoms with Crippen LogP contribution in [0.4, 0.5) is 5.13 Å². The lowest BCUT2D eigenvalue weighted by Gasteiger charge is -2.49. The Kier molecular flexibility index (Phi) is 7.84. The molecule has 0 bridgehead atoms. The Morgan fingerprint density at radius 2 is 2.14 bits per heavy atom. The molecule has 4 heterocycles. The number of thiazole rings is 1. The molecule has 2 amide bonds. The SMILES string of the molecule is CC(=O)OCOC(=O)C1=C(/C=C\c2nnsc2C)CSC2C(NC(=O)/C(=N\O)c3csc(N)n3)C(=O)N12. The van der Waals surface area contributed by atoms with Crippen LogP contribution in [-0.4, -0.2) is 78.1 Å². The zero-order valence-electron chi connectivity index (χ0n) is 19.2. The highest BCUT2D eigenvalue weighted by atomic mass is 32.2. The van der Waals surface area contributed by atoms with Crippen molar-refractivity contribution in [2.24, 2.45) is 5.16 Å². The number of carbonyl (C=O) groups is 4. The number of carbonyl (C=O) groups excluding carboxylic acids is 4. The van der Waals surface area contributed by atoms with E-state index < -0.39 is 47.7 Å². The van der Waals surface area contributed by atoms with E-state index in [2.05, 4.69) is 29.8 Å². The Bertz CT molecular complexity index is 1350. The molecule has 4 rings (SSSR count). The summed E-state index contributed by atoms with van der Waals surface area (Å²) in [7, 11) is 0. The fourth-order valence-corrected chi connectivity index (χ4v) is 5.71. The van der Waals surface area contributed by atoms with Crippen LogP contribution in [0.2, 0.25) is 0 Å². The molecular formula is C20H19N7O7S3. The second-order valence-electron chi connectivity index (χ2n) is 7.49. The minimum absolute atomic E-state index is 0.0492. The van der Waals surface area contributed by atoms with Gasteiger partial charge in [0.15, 0.2) is 10.8 Å². The molecule has 37 heavy (non-hydrogen) atoms. The predicted molar refractivity (Wildman–Crippen MR) is 133 cm³/mol. The monoisotopic (exact) mass is 565 g/mol. The third kappa shape index (κ3) is 5.47. The van der Waals surface area contributed by atoms with E-state index in [4.69, 9.17) is 10.5 Å². The molecule has 17 heteroatoms. The number of rotatable bonds is 8. The first-order valence-electron chi connectivity index (χ1n) is 10.4. The summed E-state index contributed by atoms with van der Waals surface area (Å²) in [6, 6.07) is -1.02. The number of aryl methyl sites for hydroxylation is 1. The largest absolute Gasteiger partial charge is 0.428 e. The van der Waals surface area contributed by atoms with Crippen LogP contribution in [0.25, 0.3) is 6.08 Å². The van der Waals surface area contributed by atoms with Crippen molar-refractivity contribution in [2.45, 2.75) is 25.3 Å². The van der Waals surface area contributed by atoms with E-state index in [1.807, 2.05) is 6.92 Å². The molecule has 14 nitrogen and oxygen atoms in total. The molecule has 2 unspecified atom stereocenters. The summed E-state index contributed by atoms with van der Waals surface area (Å²) in [5.74, 6) is -2.66. The van der Waals surface area contributed by atoms with Gasteiger partial charge in [0.25, 0.3) is 11.8 Å². The lowest BCUT2D eigenvalue weighted by Crippen LogP contribution is -2.71. The molecule has 1 saturated heterocycles. The number of amides is 2. The Morgan fingerprint density at radius 3 is 2.76 bits per heavy atom. The number of fused-ring (bicyclic) bond motifs is 1. The molecule has 0 aromatic carbocycles.